The van der Waals surface area contributed by atoms with Crippen molar-refractivity contribution >= 4 is 51.9 Å². The first kappa shape index (κ1) is 20.0. The molecule has 2 amide bonds. The number of nitrogens with zero attached hydrogens (tertiary/aromatic N) is 1. The van der Waals surface area contributed by atoms with Crippen LogP contribution in [0.3, 0.4) is 0 Å². The van der Waals surface area contributed by atoms with Crippen molar-refractivity contribution in [3.05, 3.63) is 57.2 Å². The molecule has 0 bridgehead atoms. The molecule has 142 valence electrons. The molecule has 1 aliphatic heterocycles. The van der Waals surface area contributed by atoms with Crippen LogP contribution in [0, 0.1) is 10.5 Å². The Bertz CT molecular complexity index is 820. The molecule has 0 atom stereocenters. The summed E-state index contributed by atoms with van der Waals surface area (Å²) in [5.74, 6) is 2.29. The van der Waals surface area contributed by atoms with Crippen LogP contribution in [0.1, 0.15) is 15.9 Å². The summed E-state index contributed by atoms with van der Waals surface area (Å²) in [5.41, 5.74) is 2.22. The number of halogens is 1. The third kappa shape index (κ3) is 5.62. The predicted molar refractivity (Wildman–Crippen MR) is 118 cm³/mol. The first-order chi connectivity index (χ1) is 13.0. The number of ether oxygens (including phenoxy) is 1. The fourth-order valence-electron chi connectivity index (χ4n) is 2.71. The van der Waals surface area contributed by atoms with E-state index in [1.807, 2.05) is 60.0 Å². The number of amides is 2. The molecule has 27 heavy (non-hydrogen) atoms. The van der Waals surface area contributed by atoms with Gasteiger partial charge in [0.05, 0.1) is 0 Å². The molecule has 2 aromatic rings. The highest BCUT2D eigenvalue weighted by Gasteiger charge is 2.19. The second-order valence-corrected chi connectivity index (χ2v) is 8.70. The Kier molecular flexibility index (Phi) is 7.01. The Balaban J connectivity index is 1.61. The summed E-state index contributed by atoms with van der Waals surface area (Å²) in [6.45, 7) is 3.33. The van der Waals surface area contributed by atoms with Gasteiger partial charge in [-0.1, -0.05) is 6.07 Å². The van der Waals surface area contributed by atoms with E-state index in [1.54, 1.807) is 6.07 Å². The Morgan fingerprint density at radius 1 is 1.15 bits per heavy atom. The third-order valence-corrected chi connectivity index (χ3v) is 5.88. The molecule has 7 heteroatoms. The number of nitrogens with one attached hydrogen (secondary N) is 1. The number of carbonyl (C=O) groups is 2. The zero-order chi connectivity index (χ0) is 19.2. The van der Waals surface area contributed by atoms with Crippen molar-refractivity contribution in [1.29, 1.82) is 0 Å². The quantitative estimate of drug-likeness (QED) is 0.640. The van der Waals surface area contributed by atoms with Gasteiger partial charge in [-0.2, -0.15) is 11.8 Å². The number of benzene rings is 2. The van der Waals surface area contributed by atoms with Gasteiger partial charge in [-0.05, 0) is 71.5 Å². The van der Waals surface area contributed by atoms with Crippen molar-refractivity contribution in [1.82, 2.24) is 4.90 Å². The minimum Gasteiger partial charge on any atom is -0.483 e. The fourth-order valence-corrected chi connectivity index (χ4v) is 3.97. The molecule has 0 radical (unpaired) electrons. The standard InChI is InChI=1S/C20H21IN2O3S/c1-14-2-3-15(20(25)23-8-10-27-11-9-23)12-18(14)26-13-19(24)22-17-6-4-16(21)5-7-17/h2-7,12H,8-11,13H2,1H3,(H,22,24). The number of hydrogen-bond acceptors (Lipinski definition) is 4. The summed E-state index contributed by atoms with van der Waals surface area (Å²) in [6, 6.07) is 13.0. The zero-order valence-electron chi connectivity index (χ0n) is 15.0. The Labute approximate surface area is 177 Å². The third-order valence-electron chi connectivity index (χ3n) is 4.22. The van der Waals surface area contributed by atoms with Crippen molar-refractivity contribution in [2.24, 2.45) is 0 Å². The zero-order valence-corrected chi connectivity index (χ0v) is 18.0. The number of aryl methyl sites for hydroxylation is 1. The lowest BCUT2D eigenvalue weighted by molar-refractivity contribution is -0.118. The van der Waals surface area contributed by atoms with E-state index in [9.17, 15) is 9.59 Å². The molecule has 1 fully saturated rings. The number of rotatable bonds is 5. The molecule has 2 aromatic carbocycles. The first-order valence-corrected chi connectivity index (χ1v) is 10.9. The van der Waals surface area contributed by atoms with E-state index in [4.69, 9.17) is 4.74 Å². The van der Waals surface area contributed by atoms with Gasteiger partial charge >= 0.3 is 0 Å². The molecule has 1 heterocycles. The van der Waals surface area contributed by atoms with Crippen LogP contribution in [0.4, 0.5) is 5.69 Å². The van der Waals surface area contributed by atoms with Crippen LogP contribution in [-0.2, 0) is 4.79 Å². The number of anilines is 1. The Morgan fingerprint density at radius 3 is 2.56 bits per heavy atom. The largest absolute Gasteiger partial charge is 0.483 e. The molecule has 1 saturated heterocycles. The van der Waals surface area contributed by atoms with Crippen LogP contribution in [0.25, 0.3) is 0 Å². The lowest BCUT2D eigenvalue weighted by Gasteiger charge is -2.26. The maximum atomic E-state index is 12.7. The average molecular weight is 496 g/mol. The molecule has 0 aromatic heterocycles. The molecular weight excluding hydrogens is 475 g/mol. The fraction of sp³-hybridized carbons (Fsp3) is 0.300. The molecule has 1 N–H and O–H groups in total. The molecule has 3 rings (SSSR count). The monoisotopic (exact) mass is 496 g/mol. The van der Waals surface area contributed by atoms with Gasteiger partial charge in [0, 0.05) is 39.4 Å². The van der Waals surface area contributed by atoms with E-state index in [0.717, 1.165) is 39.4 Å². The van der Waals surface area contributed by atoms with Crippen molar-refractivity contribution in [2.75, 3.05) is 36.5 Å². The molecule has 1 aliphatic rings. The van der Waals surface area contributed by atoms with Gasteiger partial charge in [0.15, 0.2) is 6.61 Å². The number of thioether (sulfide) groups is 1. The summed E-state index contributed by atoms with van der Waals surface area (Å²) in [7, 11) is 0. The summed E-state index contributed by atoms with van der Waals surface area (Å²) < 4.78 is 6.79. The second-order valence-electron chi connectivity index (χ2n) is 6.23. The van der Waals surface area contributed by atoms with Gasteiger partial charge in [0.1, 0.15) is 5.75 Å². The predicted octanol–water partition coefficient (Wildman–Crippen LogP) is 3.81. The number of hydrogen-bond donors (Lipinski definition) is 1. The van der Waals surface area contributed by atoms with Crippen LogP contribution >= 0.6 is 34.4 Å². The van der Waals surface area contributed by atoms with Gasteiger partial charge in [-0.15, -0.1) is 0 Å². The average Bonchev–Trinajstić information content (AvgIpc) is 2.69. The van der Waals surface area contributed by atoms with E-state index in [-0.39, 0.29) is 18.4 Å². The molecule has 0 spiro atoms. The summed E-state index contributed by atoms with van der Waals surface area (Å²) >= 11 is 4.08. The van der Waals surface area contributed by atoms with Crippen LogP contribution < -0.4 is 10.1 Å². The van der Waals surface area contributed by atoms with Crippen LogP contribution in [0.2, 0.25) is 0 Å². The van der Waals surface area contributed by atoms with Gasteiger partial charge in [-0.3, -0.25) is 9.59 Å². The van der Waals surface area contributed by atoms with Crippen molar-refractivity contribution < 1.29 is 14.3 Å². The van der Waals surface area contributed by atoms with Crippen molar-refractivity contribution in [2.45, 2.75) is 6.92 Å². The van der Waals surface area contributed by atoms with E-state index in [0.29, 0.717) is 11.3 Å². The van der Waals surface area contributed by atoms with E-state index in [2.05, 4.69) is 27.9 Å². The van der Waals surface area contributed by atoms with Crippen LogP contribution in [0.5, 0.6) is 5.75 Å². The van der Waals surface area contributed by atoms with Crippen LogP contribution in [0.15, 0.2) is 42.5 Å². The highest BCUT2D eigenvalue weighted by molar-refractivity contribution is 14.1. The molecule has 0 aliphatic carbocycles. The highest BCUT2D eigenvalue weighted by atomic mass is 127. The van der Waals surface area contributed by atoms with Gasteiger partial charge in [0.25, 0.3) is 11.8 Å². The Morgan fingerprint density at radius 2 is 1.85 bits per heavy atom. The minimum absolute atomic E-state index is 0.0171. The smallest absolute Gasteiger partial charge is 0.262 e. The Hall–Kier alpha value is -1.74. The van der Waals surface area contributed by atoms with Gasteiger partial charge < -0.3 is 15.0 Å². The van der Waals surface area contributed by atoms with Gasteiger partial charge in [-0.25, -0.2) is 0 Å². The molecule has 0 saturated carbocycles. The molecule has 5 nitrogen and oxygen atoms in total. The maximum Gasteiger partial charge on any atom is 0.262 e. The lowest BCUT2D eigenvalue weighted by Crippen LogP contribution is -2.37. The lowest BCUT2D eigenvalue weighted by atomic mass is 10.1. The molecule has 0 unspecified atom stereocenters. The van der Waals surface area contributed by atoms with Crippen LogP contribution in [-0.4, -0.2) is 47.9 Å². The first-order valence-electron chi connectivity index (χ1n) is 8.69. The van der Waals surface area contributed by atoms with Crippen molar-refractivity contribution in [3.8, 4) is 5.75 Å². The SMILES string of the molecule is Cc1ccc(C(=O)N2CCSCC2)cc1OCC(=O)Nc1ccc(I)cc1. The van der Waals surface area contributed by atoms with E-state index < -0.39 is 0 Å². The topological polar surface area (TPSA) is 58.6 Å². The highest BCUT2D eigenvalue weighted by Crippen LogP contribution is 2.22. The normalized spacial score (nSPS) is 13.9. The second kappa shape index (κ2) is 9.45. The summed E-state index contributed by atoms with van der Waals surface area (Å²) in [5, 5.41) is 2.80. The minimum atomic E-state index is -0.236. The molecular formula is C20H21IN2O3S. The summed E-state index contributed by atoms with van der Waals surface area (Å²) in [6.07, 6.45) is 0. The number of carbonyl (C=O) groups excluding carboxylic acids is 2. The van der Waals surface area contributed by atoms with E-state index >= 15 is 0 Å². The summed E-state index contributed by atoms with van der Waals surface area (Å²) in [4.78, 5) is 26.7. The van der Waals surface area contributed by atoms with E-state index in [1.165, 1.54) is 0 Å². The van der Waals surface area contributed by atoms with Gasteiger partial charge in [0.2, 0.25) is 0 Å². The van der Waals surface area contributed by atoms with Crippen molar-refractivity contribution in [3.63, 3.8) is 0 Å². The maximum absolute atomic E-state index is 12.7.